The van der Waals surface area contributed by atoms with Gasteiger partial charge < -0.3 is 5.11 Å². The van der Waals surface area contributed by atoms with Crippen LogP contribution in [0.25, 0.3) is 0 Å². The first kappa shape index (κ1) is 7.37. The van der Waals surface area contributed by atoms with E-state index < -0.39 is 0 Å². The summed E-state index contributed by atoms with van der Waals surface area (Å²) >= 11 is 0. The largest absolute Gasteiger partial charge is 0.396 e. The van der Waals surface area contributed by atoms with Gasteiger partial charge in [0.15, 0.2) is 0 Å². The zero-order valence-corrected chi connectivity index (χ0v) is 7.79. The Bertz CT molecular complexity index is 195. The summed E-state index contributed by atoms with van der Waals surface area (Å²) in [6.45, 7) is 2.77. The Balaban J connectivity index is 1.96. The summed E-state index contributed by atoms with van der Waals surface area (Å²) in [5, 5.41) is 9.47. The molecule has 3 rings (SSSR count). The van der Waals surface area contributed by atoms with Crippen molar-refractivity contribution in [2.24, 2.45) is 29.1 Å². The van der Waals surface area contributed by atoms with E-state index in [9.17, 15) is 5.11 Å². The molecule has 68 valence electrons. The Labute approximate surface area is 74.2 Å². The normalized spacial score (nSPS) is 61.5. The van der Waals surface area contributed by atoms with Crippen LogP contribution in [0.1, 0.15) is 32.6 Å². The highest BCUT2D eigenvalue weighted by atomic mass is 16.3. The van der Waals surface area contributed by atoms with Crippen LogP contribution in [0.15, 0.2) is 0 Å². The molecule has 3 saturated carbocycles. The lowest BCUT2D eigenvalue weighted by atomic mass is 9.64. The van der Waals surface area contributed by atoms with Gasteiger partial charge in [-0.25, -0.2) is 0 Å². The molecule has 0 saturated heterocycles. The van der Waals surface area contributed by atoms with Crippen LogP contribution in [-0.2, 0) is 0 Å². The fourth-order valence-electron chi connectivity index (χ4n) is 4.31. The van der Waals surface area contributed by atoms with E-state index in [1.54, 1.807) is 0 Å². The van der Waals surface area contributed by atoms with Gasteiger partial charge in [-0.3, -0.25) is 0 Å². The van der Waals surface area contributed by atoms with Gasteiger partial charge in [0.1, 0.15) is 0 Å². The third-order valence-electron chi connectivity index (χ3n) is 5.06. The van der Waals surface area contributed by atoms with Crippen LogP contribution >= 0.6 is 0 Å². The second kappa shape index (κ2) is 2.06. The molecule has 3 aliphatic rings. The lowest BCUT2D eigenvalue weighted by molar-refractivity contribution is 0.00639. The van der Waals surface area contributed by atoms with Gasteiger partial charge in [-0.05, 0) is 54.8 Å². The Morgan fingerprint density at radius 1 is 1.17 bits per heavy atom. The van der Waals surface area contributed by atoms with E-state index in [4.69, 9.17) is 0 Å². The first-order valence-electron chi connectivity index (χ1n) is 5.38. The van der Waals surface area contributed by atoms with Crippen LogP contribution in [0.2, 0.25) is 0 Å². The van der Waals surface area contributed by atoms with Crippen LogP contribution < -0.4 is 0 Å². The minimum atomic E-state index is 0.325. The molecule has 0 aromatic carbocycles. The second-order valence-corrected chi connectivity index (χ2v) is 5.37. The molecule has 0 heterocycles. The number of rotatable bonds is 1. The van der Waals surface area contributed by atoms with E-state index in [2.05, 4.69) is 6.92 Å². The highest BCUT2D eigenvalue weighted by molar-refractivity contribution is 5.13. The summed E-state index contributed by atoms with van der Waals surface area (Å²) in [5.41, 5.74) is 0.325. The van der Waals surface area contributed by atoms with Crippen molar-refractivity contribution in [2.45, 2.75) is 32.6 Å². The van der Waals surface area contributed by atoms with Gasteiger partial charge in [0.05, 0.1) is 0 Å². The molecule has 12 heavy (non-hydrogen) atoms. The molecule has 0 radical (unpaired) electrons. The van der Waals surface area contributed by atoms with Gasteiger partial charge in [-0.1, -0.05) is 6.92 Å². The number of aliphatic hydroxyl groups is 1. The van der Waals surface area contributed by atoms with Crippen LogP contribution in [0.5, 0.6) is 0 Å². The lowest BCUT2D eigenvalue weighted by Crippen LogP contribution is -2.38. The standard InChI is InChI=1S/C11H18O/c1-11(6-12)7-2-4-8-9(5-3-7)10(8)11/h7-10,12H,2-6H2,1H3/t7?,8?,9?,10?,11-/m0/s1. The maximum atomic E-state index is 9.47. The van der Waals surface area contributed by atoms with E-state index in [-0.39, 0.29) is 0 Å². The van der Waals surface area contributed by atoms with E-state index in [0.717, 1.165) is 23.7 Å². The molecule has 1 heteroatoms. The van der Waals surface area contributed by atoms with Gasteiger partial charge >= 0.3 is 0 Å². The third kappa shape index (κ3) is 0.654. The molecular formula is C11H18O. The average Bonchev–Trinajstić information content (AvgIpc) is 2.79. The predicted molar refractivity (Wildman–Crippen MR) is 47.6 cm³/mol. The highest BCUT2D eigenvalue weighted by Crippen LogP contribution is 2.70. The maximum Gasteiger partial charge on any atom is 0.0490 e. The zero-order valence-electron chi connectivity index (χ0n) is 7.79. The van der Waals surface area contributed by atoms with E-state index in [1.165, 1.54) is 25.7 Å². The van der Waals surface area contributed by atoms with Gasteiger partial charge in [0.25, 0.3) is 0 Å². The van der Waals surface area contributed by atoms with Crippen molar-refractivity contribution in [2.75, 3.05) is 6.61 Å². The summed E-state index contributed by atoms with van der Waals surface area (Å²) in [7, 11) is 0. The van der Waals surface area contributed by atoms with Gasteiger partial charge in [0, 0.05) is 6.61 Å². The van der Waals surface area contributed by atoms with Crippen LogP contribution in [-0.4, -0.2) is 11.7 Å². The quantitative estimate of drug-likeness (QED) is 0.632. The Kier molecular flexibility index (Phi) is 1.27. The molecule has 1 nitrogen and oxygen atoms in total. The Morgan fingerprint density at radius 3 is 2.17 bits per heavy atom. The van der Waals surface area contributed by atoms with Crippen molar-refractivity contribution in [3.8, 4) is 0 Å². The van der Waals surface area contributed by atoms with Gasteiger partial charge in [-0.15, -0.1) is 0 Å². The minimum Gasteiger partial charge on any atom is -0.396 e. The van der Waals surface area contributed by atoms with Crippen LogP contribution in [0.3, 0.4) is 0 Å². The van der Waals surface area contributed by atoms with Crippen LogP contribution in [0.4, 0.5) is 0 Å². The monoisotopic (exact) mass is 166 g/mol. The molecule has 0 aromatic heterocycles. The minimum absolute atomic E-state index is 0.325. The van der Waals surface area contributed by atoms with E-state index in [1.807, 2.05) is 0 Å². The van der Waals surface area contributed by atoms with Crippen molar-refractivity contribution in [3.63, 3.8) is 0 Å². The molecule has 3 atom stereocenters. The summed E-state index contributed by atoms with van der Waals surface area (Å²) in [6.07, 6.45) is 5.73. The summed E-state index contributed by atoms with van der Waals surface area (Å²) < 4.78 is 0. The van der Waals surface area contributed by atoms with E-state index in [0.29, 0.717) is 12.0 Å². The molecule has 0 aliphatic heterocycles. The topological polar surface area (TPSA) is 20.2 Å². The first-order chi connectivity index (χ1) is 5.77. The van der Waals surface area contributed by atoms with Crippen molar-refractivity contribution in [1.29, 1.82) is 0 Å². The zero-order chi connectivity index (χ0) is 8.34. The summed E-state index contributed by atoms with van der Waals surface area (Å²) in [5.74, 6) is 3.79. The lowest BCUT2D eigenvalue weighted by Gasteiger charge is -2.42. The smallest absolute Gasteiger partial charge is 0.0490 e. The summed E-state index contributed by atoms with van der Waals surface area (Å²) in [6, 6.07) is 0. The molecule has 2 bridgehead atoms. The van der Waals surface area contributed by atoms with Crippen molar-refractivity contribution >= 4 is 0 Å². The molecule has 0 spiro atoms. The highest BCUT2D eigenvalue weighted by Gasteiger charge is 2.65. The van der Waals surface area contributed by atoms with E-state index >= 15 is 0 Å². The van der Waals surface area contributed by atoms with Gasteiger partial charge in [-0.2, -0.15) is 0 Å². The molecule has 0 amide bonds. The fraction of sp³-hybridized carbons (Fsp3) is 1.00. The maximum absolute atomic E-state index is 9.47. The van der Waals surface area contributed by atoms with Crippen LogP contribution in [0, 0.1) is 29.1 Å². The molecule has 2 unspecified atom stereocenters. The third-order valence-corrected chi connectivity index (χ3v) is 5.06. The predicted octanol–water partition coefficient (Wildman–Crippen LogP) is 2.05. The molecule has 3 aliphatic carbocycles. The second-order valence-electron chi connectivity index (χ2n) is 5.37. The number of hydrogen-bond acceptors (Lipinski definition) is 1. The summed E-state index contributed by atoms with van der Waals surface area (Å²) in [4.78, 5) is 0. The Hall–Kier alpha value is -0.0400. The molecular weight excluding hydrogens is 148 g/mol. The first-order valence-corrected chi connectivity index (χ1v) is 5.38. The SMILES string of the molecule is C[C@]1(CO)C2CCC3C(CC2)C31. The van der Waals surface area contributed by atoms with Crippen molar-refractivity contribution in [1.82, 2.24) is 0 Å². The molecule has 1 N–H and O–H groups in total. The van der Waals surface area contributed by atoms with Gasteiger partial charge in [0.2, 0.25) is 0 Å². The number of aliphatic hydroxyl groups excluding tert-OH is 1. The fourth-order valence-corrected chi connectivity index (χ4v) is 4.31. The van der Waals surface area contributed by atoms with Crippen molar-refractivity contribution in [3.05, 3.63) is 0 Å². The number of hydrogen-bond donors (Lipinski definition) is 1. The average molecular weight is 166 g/mol. The molecule has 3 fully saturated rings. The Morgan fingerprint density at radius 2 is 1.75 bits per heavy atom. The molecule has 0 aromatic rings. The van der Waals surface area contributed by atoms with Crippen molar-refractivity contribution < 1.29 is 5.11 Å². The number of fused-ring (bicyclic) bond motifs is 2.